The van der Waals surface area contributed by atoms with Crippen molar-refractivity contribution < 1.29 is 4.39 Å². The first-order valence-corrected chi connectivity index (χ1v) is 3.62. The zero-order valence-electron chi connectivity index (χ0n) is 4.88. The van der Waals surface area contributed by atoms with Crippen molar-refractivity contribution in [1.82, 2.24) is 0 Å². The van der Waals surface area contributed by atoms with Crippen molar-refractivity contribution in [3.8, 4) is 0 Å². The second-order valence-electron chi connectivity index (χ2n) is 1.70. The van der Waals surface area contributed by atoms with Gasteiger partial charge in [0.15, 0.2) is 4.98 Å². The predicted molar refractivity (Wildman–Crippen MR) is 43.9 cm³/mol. The molecule has 0 bridgehead atoms. The van der Waals surface area contributed by atoms with Gasteiger partial charge >= 0.3 is 5.69 Å². The zero-order valence-corrected chi connectivity index (χ0v) is 7.04. The molecule has 0 aliphatic carbocycles. The molecule has 0 saturated carbocycles. The molecule has 1 rings (SSSR count). The van der Waals surface area contributed by atoms with E-state index in [0.29, 0.717) is 9.26 Å². The number of benzene rings is 1. The maximum absolute atomic E-state index is 12.4. The van der Waals surface area contributed by atoms with E-state index in [9.17, 15) is 4.39 Å². The molecule has 0 radical (unpaired) electrons. The van der Waals surface area contributed by atoms with Gasteiger partial charge in [0.2, 0.25) is 5.39 Å². The normalized spacial score (nSPS) is 8.90. The van der Waals surface area contributed by atoms with Crippen molar-refractivity contribution in [2.45, 2.75) is 0 Å². The third-order valence-electron chi connectivity index (χ3n) is 1.02. The van der Waals surface area contributed by atoms with Gasteiger partial charge in [-0.2, -0.15) is 0 Å². The van der Waals surface area contributed by atoms with E-state index in [2.05, 4.69) is 4.98 Å². The Balaban J connectivity index is 3.23. The van der Waals surface area contributed by atoms with Crippen LogP contribution in [0.4, 0.5) is 10.1 Å². The van der Waals surface area contributed by atoms with E-state index < -0.39 is 0 Å². The molecule has 0 spiro atoms. The van der Waals surface area contributed by atoms with Gasteiger partial charge in [0.1, 0.15) is 9.39 Å². The number of hydrogen-bond donors (Lipinski definition) is 0. The van der Waals surface area contributed by atoms with E-state index >= 15 is 0 Å². The molecular formula is C6H3FIN2+. The molecule has 0 amide bonds. The summed E-state index contributed by atoms with van der Waals surface area (Å²) >= 11 is 1.89. The summed E-state index contributed by atoms with van der Waals surface area (Å²) in [7, 11) is 0. The molecule has 0 heterocycles. The second-order valence-corrected chi connectivity index (χ2v) is 2.86. The molecule has 0 fully saturated rings. The van der Waals surface area contributed by atoms with Crippen molar-refractivity contribution in [2.75, 3.05) is 0 Å². The average Bonchev–Trinajstić information content (AvgIpc) is 1.88. The third-order valence-corrected chi connectivity index (χ3v) is 1.88. The smallest absolute Gasteiger partial charge is 0.207 e. The van der Waals surface area contributed by atoms with E-state index in [4.69, 9.17) is 5.39 Å². The Morgan fingerprint density at radius 1 is 1.50 bits per heavy atom. The monoisotopic (exact) mass is 249 g/mol. The van der Waals surface area contributed by atoms with Crippen LogP contribution in [-0.2, 0) is 0 Å². The quantitative estimate of drug-likeness (QED) is 0.513. The minimum absolute atomic E-state index is 0.322. The SMILES string of the molecule is N#[N+]c1ccc(F)cc1I. The summed E-state index contributed by atoms with van der Waals surface area (Å²) in [5.41, 5.74) is 0.391. The summed E-state index contributed by atoms with van der Waals surface area (Å²) in [6.07, 6.45) is 0. The van der Waals surface area contributed by atoms with Crippen LogP contribution in [0.15, 0.2) is 18.2 Å². The highest BCUT2D eigenvalue weighted by Crippen LogP contribution is 2.21. The lowest BCUT2D eigenvalue weighted by Gasteiger charge is -1.83. The molecule has 0 aliphatic heterocycles. The van der Waals surface area contributed by atoms with E-state index in [1.165, 1.54) is 18.2 Å². The highest BCUT2D eigenvalue weighted by atomic mass is 127. The highest BCUT2D eigenvalue weighted by Gasteiger charge is 2.10. The maximum atomic E-state index is 12.4. The Morgan fingerprint density at radius 3 is 2.70 bits per heavy atom. The fraction of sp³-hybridized carbons (Fsp3) is 0. The molecule has 0 atom stereocenters. The molecule has 1 aromatic carbocycles. The third kappa shape index (κ3) is 1.42. The number of rotatable bonds is 0. The summed E-state index contributed by atoms with van der Waals surface area (Å²) in [6.45, 7) is 0. The van der Waals surface area contributed by atoms with Crippen molar-refractivity contribution in [3.05, 3.63) is 32.6 Å². The van der Waals surface area contributed by atoms with Gasteiger partial charge in [-0.15, -0.1) is 0 Å². The Labute approximate surface area is 70.8 Å². The molecule has 4 heteroatoms. The lowest BCUT2D eigenvalue weighted by molar-refractivity contribution is 0.627. The van der Waals surface area contributed by atoms with Crippen molar-refractivity contribution in [1.29, 1.82) is 5.39 Å². The minimum Gasteiger partial charge on any atom is -0.207 e. The average molecular weight is 249 g/mol. The van der Waals surface area contributed by atoms with Crippen molar-refractivity contribution >= 4 is 28.3 Å². The number of halogens is 2. The first-order valence-electron chi connectivity index (χ1n) is 2.54. The summed E-state index contributed by atoms with van der Waals surface area (Å²) in [6, 6.07) is 3.96. The van der Waals surface area contributed by atoms with Gasteiger partial charge in [-0.3, -0.25) is 0 Å². The Hall–Kier alpha value is -0.700. The predicted octanol–water partition coefficient (Wildman–Crippen LogP) is 2.91. The molecule has 50 valence electrons. The topological polar surface area (TPSA) is 28.1 Å². The van der Waals surface area contributed by atoms with Gasteiger partial charge in [0, 0.05) is 6.07 Å². The summed E-state index contributed by atoms with van der Waals surface area (Å²) < 4.78 is 13.0. The molecule has 0 unspecified atom stereocenters. The minimum atomic E-state index is -0.322. The molecule has 0 aromatic heterocycles. The van der Waals surface area contributed by atoms with Crippen LogP contribution < -0.4 is 0 Å². The standard InChI is InChI=1S/C6H3FIN2/c7-4-1-2-6(10-9)5(8)3-4/h1-3H/q+1. The molecular weight excluding hydrogens is 246 g/mol. The van der Waals surface area contributed by atoms with Gasteiger partial charge in [0.25, 0.3) is 0 Å². The second kappa shape index (κ2) is 2.92. The van der Waals surface area contributed by atoms with E-state index in [1.807, 2.05) is 22.6 Å². The van der Waals surface area contributed by atoms with E-state index in [1.54, 1.807) is 0 Å². The summed E-state index contributed by atoms with van der Waals surface area (Å²) in [5.74, 6) is -0.322. The Bertz CT molecular complexity index is 292. The number of nitrogens with zero attached hydrogens (tertiary/aromatic N) is 2. The Morgan fingerprint density at radius 2 is 2.20 bits per heavy atom. The highest BCUT2D eigenvalue weighted by molar-refractivity contribution is 14.1. The largest absolute Gasteiger partial charge is 0.398 e. The van der Waals surface area contributed by atoms with Crippen LogP contribution in [0.25, 0.3) is 4.98 Å². The first-order chi connectivity index (χ1) is 4.74. The zero-order chi connectivity index (χ0) is 7.56. The van der Waals surface area contributed by atoms with Gasteiger partial charge in [-0.05, 0) is 34.7 Å². The van der Waals surface area contributed by atoms with Crippen LogP contribution in [0.3, 0.4) is 0 Å². The lowest BCUT2D eigenvalue weighted by atomic mass is 10.3. The molecule has 2 nitrogen and oxygen atoms in total. The Kier molecular flexibility index (Phi) is 2.17. The van der Waals surface area contributed by atoms with Gasteiger partial charge in [-0.1, -0.05) is 0 Å². The summed E-state index contributed by atoms with van der Waals surface area (Å²) in [4.78, 5) is 2.94. The first kappa shape index (κ1) is 7.41. The fourth-order valence-electron chi connectivity index (χ4n) is 0.562. The molecule has 0 N–H and O–H groups in total. The van der Waals surface area contributed by atoms with Crippen LogP contribution in [0.1, 0.15) is 0 Å². The molecule has 0 saturated heterocycles. The maximum Gasteiger partial charge on any atom is 0.398 e. The van der Waals surface area contributed by atoms with Crippen LogP contribution >= 0.6 is 22.6 Å². The van der Waals surface area contributed by atoms with Crippen LogP contribution in [0.5, 0.6) is 0 Å². The number of hydrogen-bond acceptors (Lipinski definition) is 1. The van der Waals surface area contributed by atoms with Crippen LogP contribution in [-0.4, -0.2) is 0 Å². The van der Waals surface area contributed by atoms with Gasteiger partial charge in [-0.25, -0.2) is 4.39 Å². The van der Waals surface area contributed by atoms with Crippen LogP contribution in [0, 0.1) is 14.8 Å². The molecule has 1 aromatic rings. The van der Waals surface area contributed by atoms with Crippen molar-refractivity contribution in [3.63, 3.8) is 0 Å². The molecule has 10 heavy (non-hydrogen) atoms. The fourth-order valence-corrected chi connectivity index (χ4v) is 1.15. The van der Waals surface area contributed by atoms with Gasteiger partial charge < -0.3 is 0 Å². The van der Waals surface area contributed by atoms with Crippen molar-refractivity contribution in [2.24, 2.45) is 0 Å². The molecule has 0 aliphatic rings. The van der Waals surface area contributed by atoms with Crippen LogP contribution in [0.2, 0.25) is 0 Å². The lowest BCUT2D eigenvalue weighted by Crippen LogP contribution is -1.74. The number of diazo groups is 1. The van der Waals surface area contributed by atoms with E-state index in [0.717, 1.165) is 0 Å². The summed E-state index contributed by atoms with van der Waals surface area (Å²) in [5, 5.41) is 8.31. The van der Waals surface area contributed by atoms with E-state index in [-0.39, 0.29) is 5.82 Å². The van der Waals surface area contributed by atoms with Gasteiger partial charge in [0.05, 0.1) is 0 Å².